The molecule has 29 heavy (non-hydrogen) atoms. The van der Waals surface area contributed by atoms with Crippen molar-refractivity contribution in [1.29, 1.82) is 0 Å². The summed E-state index contributed by atoms with van der Waals surface area (Å²) < 4.78 is 3.27. The van der Waals surface area contributed by atoms with Gasteiger partial charge in [0.1, 0.15) is 5.69 Å². The van der Waals surface area contributed by atoms with Crippen LogP contribution < -0.4 is 0 Å². The predicted octanol–water partition coefficient (Wildman–Crippen LogP) is 5.89. The fraction of sp³-hybridized carbons (Fsp3) is 0.160. The van der Waals surface area contributed by atoms with Crippen molar-refractivity contribution in [3.8, 4) is 0 Å². The highest BCUT2D eigenvalue weighted by Gasteiger charge is 2.22. The summed E-state index contributed by atoms with van der Waals surface area (Å²) in [5.74, 6) is 0.0322. The monoisotopic (exact) mass is 400 g/mol. The highest BCUT2D eigenvalue weighted by molar-refractivity contribution is 7.17. The molecule has 4 aromatic rings. The summed E-state index contributed by atoms with van der Waals surface area (Å²) in [6, 6.07) is 22.7. The molecule has 0 saturated heterocycles. The molecule has 0 fully saturated rings. The zero-order valence-electron chi connectivity index (χ0n) is 16.5. The average Bonchev–Trinajstić information content (AvgIpc) is 3.32. The second kappa shape index (κ2) is 8.50. The van der Waals surface area contributed by atoms with Crippen LogP contribution in [0.1, 0.15) is 27.2 Å². The highest BCUT2D eigenvalue weighted by Crippen LogP contribution is 2.27. The van der Waals surface area contributed by atoms with Gasteiger partial charge in [-0.2, -0.15) is 0 Å². The Bertz CT molecular complexity index is 1120. The van der Waals surface area contributed by atoms with Gasteiger partial charge in [-0.05, 0) is 35.6 Å². The fourth-order valence-electron chi connectivity index (χ4n) is 3.54. The molecule has 0 aliphatic rings. The van der Waals surface area contributed by atoms with Crippen molar-refractivity contribution in [3.05, 3.63) is 107 Å². The molecule has 2 aromatic carbocycles. The zero-order valence-corrected chi connectivity index (χ0v) is 17.4. The third-order valence-electron chi connectivity index (χ3n) is 5.06. The number of rotatable bonds is 7. The zero-order chi connectivity index (χ0) is 20.2. The van der Waals surface area contributed by atoms with Crippen molar-refractivity contribution in [2.24, 2.45) is 0 Å². The van der Waals surface area contributed by atoms with Crippen LogP contribution in [-0.2, 0) is 13.1 Å². The SMILES string of the molecule is C=CCN(Cc1ccc(C)cc1)C(=O)c1cc2sccc2n1Cc1ccccc1. The van der Waals surface area contributed by atoms with Gasteiger partial charge in [0.2, 0.25) is 0 Å². The van der Waals surface area contributed by atoms with Crippen LogP contribution >= 0.6 is 11.3 Å². The van der Waals surface area contributed by atoms with Gasteiger partial charge in [0.25, 0.3) is 5.91 Å². The van der Waals surface area contributed by atoms with Gasteiger partial charge in [-0.25, -0.2) is 0 Å². The molecule has 0 radical (unpaired) electrons. The molecule has 0 unspecified atom stereocenters. The number of aromatic nitrogens is 1. The Kier molecular flexibility index (Phi) is 5.63. The first-order valence-corrected chi connectivity index (χ1v) is 10.6. The highest BCUT2D eigenvalue weighted by atomic mass is 32.1. The van der Waals surface area contributed by atoms with E-state index in [1.807, 2.05) is 29.2 Å². The van der Waals surface area contributed by atoms with Gasteiger partial charge < -0.3 is 9.47 Å². The Balaban J connectivity index is 1.68. The third-order valence-corrected chi connectivity index (χ3v) is 5.91. The van der Waals surface area contributed by atoms with E-state index in [1.54, 1.807) is 17.4 Å². The van der Waals surface area contributed by atoms with Gasteiger partial charge in [0.05, 0.1) is 10.2 Å². The van der Waals surface area contributed by atoms with Gasteiger partial charge in [-0.1, -0.05) is 66.2 Å². The van der Waals surface area contributed by atoms with Gasteiger partial charge >= 0.3 is 0 Å². The number of benzene rings is 2. The van der Waals surface area contributed by atoms with Gasteiger partial charge in [-0.3, -0.25) is 4.79 Å². The van der Waals surface area contributed by atoms with Crippen molar-refractivity contribution in [1.82, 2.24) is 9.47 Å². The maximum absolute atomic E-state index is 13.5. The molecule has 0 aliphatic heterocycles. The summed E-state index contributed by atoms with van der Waals surface area (Å²) in [6.07, 6.45) is 1.79. The maximum atomic E-state index is 13.5. The normalized spacial score (nSPS) is 10.9. The molecule has 0 aliphatic carbocycles. The Morgan fingerprint density at radius 3 is 2.55 bits per heavy atom. The van der Waals surface area contributed by atoms with E-state index in [0.717, 1.165) is 21.5 Å². The van der Waals surface area contributed by atoms with E-state index in [4.69, 9.17) is 0 Å². The van der Waals surface area contributed by atoms with E-state index >= 15 is 0 Å². The van der Waals surface area contributed by atoms with Crippen LogP contribution in [0, 0.1) is 6.92 Å². The van der Waals surface area contributed by atoms with Crippen LogP contribution in [0.4, 0.5) is 0 Å². The minimum Gasteiger partial charge on any atom is -0.331 e. The first-order valence-electron chi connectivity index (χ1n) is 9.72. The summed E-state index contributed by atoms with van der Waals surface area (Å²) in [5, 5.41) is 2.08. The first-order chi connectivity index (χ1) is 14.2. The smallest absolute Gasteiger partial charge is 0.271 e. The van der Waals surface area contributed by atoms with Crippen molar-refractivity contribution in [2.75, 3.05) is 6.54 Å². The number of carbonyl (C=O) groups is 1. The molecule has 0 saturated carbocycles. The number of fused-ring (bicyclic) bond motifs is 1. The number of amides is 1. The summed E-state index contributed by atoms with van der Waals surface area (Å²) >= 11 is 1.67. The maximum Gasteiger partial charge on any atom is 0.271 e. The van der Waals surface area contributed by atoms with E-state index in [-0.39, 0.29) is 5.91 Å². The minimum atomic E-state index is 0.0322. The summed E-state index contributed by atoms with van der Waals surface area (Å²) in [6.45, 7) is 7.68. The molecule has 2 aromatic heterocycles. The molecule has 0 N–H and O–H groups in total. The van der Waals surface area contributed by atoms with Gasteiger partial charge in [0, 0.05) is 19.6 Å². The molecule has 4 heteroatoms. The van der Waals surface area contributed by atoms with Crippen LogP contribution in [0.2, 0.25) is 0 Å². The fourth-order valence-corrected chi connectivity index (χ4v) is 4.36. The number of carbonyl (C=O) groups excluding carboxylic acids is 1. The molecule has 146 valence electrons. The summed E-state index contributed by atoms with van der Waals surface area (Å²) in [4.78, 5) is 15.4. The van der Waals surface area contributed by atoms with Crippen molar-refractivity contribution >= 4 is 27.5 Å². The molecule has 4 rings (SSSR count). The van der Waals surface area contributed by atoms with E-state index in [0.29, 0.717) is 19.6 Å². The second-order valence-electron chi connectivity index (χ2n) is 7.23. The Labute approximate surface area is 175 Å². The van der Waals surface area contributed by atoms with Gasteiger partial charge in [-0.15, -0.1) is 17.9 Å². The van der Waals surface area contributed by atoms with E-state index in [1.165, 1.54) is 11.1 Å². The lowest BCUT2D eigenvalue weighted by atomic mass is 10.1. The Morgan fingerprint density at radius 1 is 1.07 bits per heavy atom. The number of hydrogen-bond donors (Lipinski definition) is 0. The first kappa shape index (κ1) is 19.2. The van der Waals surface area contributed by atoms with Crippen molar-refractivity contribution in [2.45, 2.75) is 20.0 Å². The van der Waals surface area contributed by atoms with Crippen LogP contribution in [0.15, 0.2) is 84.8 Å². The largest absolute Gasteiger partial charge is 0.331 e. The molecule has 0 bridgehead atoms. The lowest BCUT2D eigenvalue weighted by molar-refractivity contribution is 0.0753. The van der Waals surface area contributed by atoms with Crippen molar-refractivity contribution < 1.29 is 4.79 Å². The van der Waals surface area contributed by atoms with Crippen molar-refractivity contribution in [3.63, 3.8) is 0 Å². The van der Waals surface area contributed by atoms with Gasteiger partial charge in [0.15, 0.2) is 0 Å². The predicted molar refractivity (Wildman–Crippen MR) is 121 cm³/mol. The van der Waals surface area contributed by atoms with Crippen LogP contribution in [0.3, 0.4) is 0 Å². The molecule has 1 amide bonds. The average molecular weight is 401 g/mol. The molecule has 0 atom stereocenters. The number of aryl methyl sites for hydroxylation is 1. The summed E-state index contributed by atoms with van der Waals surface area (Å²) in [5.41, 5.74) is 5.35. The van der Waals surface area contributed by atoms with Crippen LogP contribution in [0.5, 0.6) is 0 Å². The number of thiophene rings is 1. The molecule has 3 nitrogen and oxygen atoms in total. The Hall–Kier alpha value is -3.11. The minimum absolute atomic E-state index is 0.0322. The lowest BCUT2D eigenvalue weighted by Crippen LogP contribution is -2.32. The molecular formula is C25H24N2OS. The standard InChI is InChI=1S/C25H24N2OS/c1-3-14-26(17-21-11-9-19(2)10-12-21)25(28)23-16-24-22(13-15-29-24)27(23)18-20-7-5-4-6-8-20/h3-13,15-16H,1,14,17-18H2,2H3. The molecule has 2 heterocycles. The number of nitrogens with zero attached hydrogens (tertiary/aromatic N) is 2. The van der Waals surface area contributed by atoms with E-state index in [2.05, 4.69) is 65.9 Å². The number of hydrogen-bond acceptors (Lipinski definition) is 2. The lowest BCUT2D eigenvalue weighted by Gasteiger charge is -2.22. The second-order valence-corrected chi connectivity index (χ2v) is 8.18. The topological polar surface area (TPSA) is 25.2 Å². The van der Waals surface area contributed by atoms with Crippen LogP contribution in [-0.4, -0.2) is 21.9 Å². The van der Waals surface area contributed by atoms with E-state index < -0.39 is 0 Å². The molecule has 0 spiro atoms. The third kappa shape index (κ3) is 4.17. The molecular weight excluding hydrogens is 376 g/mol. The summed E-state index contributed by atoms with van der Waals surface area (Å²) in [7, 11) is 0. The van der Waals surface area contributed by atoms with Crippen LogP contribution in [0.25, 0.3) is 10.2 Å². The van der Waals surface area contributed by atoms with E-state index in [9.17, 15) is 4.79 Å². The Morgan fingerprint density at radius 2 is 1.83 bits per heavy atom. The quantitative estimate of drug-likeness (QED) is 0.355.